The Bertz CT molecular complexity index is 514. The maximum Gasteiger partial charge on any atom is 0.124 e. The second-order valence-corrected chi connectivity index (χ2v) is 4.50. The predicted molar refractivity (Wildman–Crippen MR) is 74.0 cm³/mol. The largest absolute Gasteiger partial charge is 0.313 e. The van der Waals surface area contributed by atoms with Gasteiger partial charge < -0.3 is 5.32 Å². The summed E-state index contributed by atoms with van der Waals surface area (Å²) in [7, 11) is 0. The van der Waals surface area contributed by atoms with Crippen LogP contribution in [0.5, 0.6) is 0 Å². The zero-order valence-electron chi connectivity index (χ0n) is 10.8. The third-order valence-corrected chi connectivity index (χ3v) is 2.88. The van der Waals surface area contributed by atoms with Gasteiger partial charge in [-0.05, 0) is 53.9 Å². The zero-order valence-corrected chi connectivity index (χ0v) is 10.8. The Labute approximate surface area is 108 Å². The highest BCUT2D eigenvalue weighted by Gasteiger charge is 2.02. The first kappa shape index (κ1) is 12.8. The summed E-state index contributed by atoms with van der Waals surface area (Å²) in [4.78, 5) is 0. The molecule has 0 aliphatic carbocycles. The standard InChI is InChI=1S/C16H18FN/c1-3-18-11-13-5-4-6-14(9-13)15-7-12(2)8-16(17)10-15/h4-10,18H,3,11H2,1-2H3. The van der Waals surface area contributed by atoms with E-state index in [2.05, 4.69) is 24.4 Å². The number of halogens is 1. The predicted octanol–water partition coefficient (Wildman–Crippen LogP) is 3.91. The molecule has 0 saturated heterocycles. The van der Waals surface area contributed by atoms with Crippen molar-refractivity contribution in [1.29, 1.82) is 0 Å². The van der Waals surface area contributed by atoms with Gasteiger partial charge in [-0.2, -0.15) is 0 Å². The zero-order chi connectivity index (χ0) is 13.0. The number of rotatable bonds is 4. The average Bonchev–Trinajstić information content (AvgIpc) is 2.35. The van der Waals surface area contributed by atoms with Gasteiger partial charge in [0.05, 0.1) is 0 Å². The molecular weight excluding hydrogens is 225 g/mol. The highest BCUT2D eigenvalue weighted by molar-refractivity contribution is 5.65. The van der Waals surface area contributed by atoms with Gasteiger partial charge in [0.25, 0.3) is 0 Å². The first-order valence-corrected chi connectivity index (χ1v) is 6.26. The molecule has 0 unspecified atom stereocenters. The van der Waals surface area contributed by atoms with Crippen molar-refractivity contribution in [3.8, 4) is 11.1 Å². The maximum atomic E-state index is 13.4. The number of benzene rings is 2. The summed E-state index contributed by atoms with van der Waals surface area (Å²) in [6.45, 7) is 5.79. The lowest BCUT2D eigenvalue weighted by atomic mass is 10.0. The molecule has 1 N–H and O–H groups in total. The molecule has 0 atom stereocenters. The van der Waals surface area contributed by atoms with Crippen molar-refractivity contribution in [1.82, 2.24) is 5.32 Å². The molecule has 0 aliphatic rings. The van der Waals surface area contributed by atoms with E-state index in [1.165, 1.54) is 5.56 Å². The Balaban J connectivity index is 2.32. The fraction of sp³-hybridized carbons (Fsp3) is 0.250. The van der Waals surface area contributed by atoms with Crippen LogP contribution in [0.15, 0.2) is 42.5 Å². The van der Waals surface area contributed by atoms with Crippen LogP contribution in [0.1, 0.15) is 18.1 Å². The van der Waals surface area contributed by atoms with Crippen LogP contribution < -0.4 is 5.32 Å². The van der Waals surface area contributed by atoms with Gasteiger partial charge >= 0.3 is 0 Å². The van der Waals surface area contributed by atoms with Gasteiger partial charge in [-0.25, -0.2) is 4.39 Å². The molecule has 0 amide bonds. The minimum absolute atomic E-state index is 0.179. The number of hydrogen-bond donors (Lipinski definition) is 1. The molecule has 2 heteroatoms. The van der Waals surface area contributed by atoms with E-state index in [1.807, 2.05) is 25.1 Å². The van der Waals surface area contributed by atoms with Crippen molar-refractivity contribution in [2.75, 3.05) is 6.54 Å². The van der Waals surface area contributed by atoms with Crippen LogP contribution in [0, 0.1) is 12.7 Å². The van der Waals surface area contributed by atoms with Crippen molar-refractivity contribution >= 4 is 0 Å². The molecule has 18 heavy (non-hydrogen) atoms. The maximum absolute atomic E-state index is 13.4. The van der Waals surface area contributed by atoms with Gasteiger partial charge in [0.15, 0.2) is 0 Å². The molecule has 0 radical (unpaired) electrons. The molecule has 0 saturated carbocycles. The molecule has 0 heterocycles. The summed E-state index contributed by atoms with van der Waals surface area (Å²) in [5, 5.41) is 3.29. The molecule has 0 fully saturated rings. The topological polar surface area (TPSA) is 12.0 Å². The Morgan fingerprint density at radius 2 is 1.89 bits per heavy atom. The highest BCUT2D eigenvalue weighted by Crippen LogP contribution is 2.22. The molecule has 0 aromatic heterocycles. The number of nitrogens with one attached hydrogen (secondary N) is 1. The van der Waals surface area contributed by atoms with Crippen molar-refractivity contribution in [3.05, 3.63) is 59.4 Å². The van der Waals surface area contributed by atoms with Gasteiger partial charge in [-0.3, -0.25) is 0 Å². The minimum Gasteiger partial charge on any atom is -0.313 e. The molecule has 2 aromatic rings. The normalized spacial score (nSPS) is 10.6. The van der Waals surface area contributed by atoms with E-state index >= 15 is 0 Å². The van der Waals surface area contributed by atoms with E-state index in [4.69, 9.17) is 0 Å². The van der Waals surface area contributed by atoms with Crippen LogP contribution in [0.2, 0.25) is 0 Å². The van der Waals surface area contributed by atoms with Gasteiger partial charge in [0.2, 0.25) is 0 Å². The Morgan fingerprint density at radius 1 is 1.06 bits per heavy atom. The van der Waals surface area contributed by atoms with E-state index < -0.39 is 0 Å². The third kappa shape index (κ3) is 3.17. The SMILES string of the molecule is CCNCc1cccc(-c2cc(C)cc(F)c2)c1. The van der Waals surface area contributed by atoms with Gasteiger partial charge in [0, 0.05) is 6.54 Å². The summed E-state index contributed by atoms with van der Waals surface area (Å²) in [5.41, 5.74) is 4.16. The summed E-state index contributed by atoms with van der Waals surface area (Å²) in [6.07, 6.45) is 0. The van der Waals surface area contributed by atoms with Crippen LogP contribution in [-0.4, -0.2) is 6.54 Å². The Hall–Kier alpha value is -1.67. The molecule has 2 aromatic carbocycles. The Kier molecular flexibility index (Phi) is 4.11. The fourth-order valence-corrected chi connectivity index (χ4v) is 2.03. The van der Waals surface area contributed by atoms with Crippen LogP contribution in [0.3, 0.4) is 0 Å². The second kappa shape index (κ2) is 5.78. The first-order chi connectivity index (χ1) is 8.69. The van der Waals surface area contributed by atoms with E-state index in [-0.39, 0.29) is 5.82 Å². The molecule has 2 rings (SSSR count). The quantitative estimate of drug-likeness (QED) is 0.858. The van der Waals surface area contributed by atoms with E-state index in [9.17, 15) is 4.39 Å². The summed E-state index contributed by atoms with van der Waals surface area (Å²) in [6, 6.07) is 13.4. The number of aryl methyl sites for hydroxylation is 1. The van der Waals surface area contributed by atoms with Crippen molar-refractivity contribution in [2.45, 2.75) is 20.4 Å². The molecule has 0 bridgehead atoms. The molecule has 0 spiro atoms. The highest BCUT2D eigenvalue weighted by atomic mass is 19.1. The van der Waals surface area contributed by atoms with Gasteiger partial charge in [-0.1, -0.05) is 31.2 Å². The fourth-order valence-electron chi connectivity index (χ4n) is 2.03. The monoisotopic (exact) mass is 243 g/mol. The summed E-state index contributed by atoms with van der Waals surface area (Å²) < 4.78 is 13.4. The van der Waals surface area contributed by atoms with Crippen LogP contribution in [0.25, 0.3) is 11.1 Å². The molecule has 0 aliphatic heterocycles. The smallest absolute Gasteiger partial charge is 0.124 e. The van der Waals surface area contributed by atoms with Crippen LogP contribution in [0.4, 0.5) is 4.39 Å². The second-order valence-electron chi connectivity index (χ2n) is 4.50. The molecule has 94 valence electrons. The minimum atomic E-state index is -0.179. The Morgan fingerprint density at radius 3 is 2.61 bits per heavy atom. The van der Waals surface area contributed by atoms with Crippen molar-refractivity contribution < 1.29 is 4.39 Å². The van der Waals surface area contributed by atoms with Crippen LogP contribution in [-0.2, 0) is 6.54 Å². The summed E-state index contributed by atoms with van der Waals surface area (Å²) in [5.74, 6) is -0.179. The lowest BCUT2D eigenvalue weighted by molar-refractivity contribution is 0.627. The molecule has 1 nitrogen and oxygen atoms in total. The van der Waals surface area contributed by atoms with E-state index in [0.717, 1.165) is 29.8 Å². The first-order valence-electron chi connectivity index (χ1n) is 6.26. The summed E-state index contributed by atoms with van der Waals surface area (Å²) >= 11 is 0. The average molecular weight is 243 g/mol. The number of hydrogen-bond acceptors (Lipinski definition) is 1. The third-order valence-electron chi connectivity index (χ3n) is 2.88. The van der Waals surface area contributed by atoms with E-state index in [0.29, 0.717) is 0 Å². The van der Waals surface area contributed by atoms with Crippen molar-refractivity contribution in [2.24, 2.45) is 0 Å². The lowest BCUT2D eigenvalue weighted by Crippen LogP contribution is -2.11. The lowest BCUT2D eigenvalue weighted by Gasteiger charge is -2.07. The van der Waals surface area contributed by atoms with E-state index in [1.54, 1.807) is 12.1 Å². The van der Waals surface area contributed by atoms with Crippen molar-refractivity contribution in [3.63, 3.8) is 0 Å². The van der Waals surface area contributed by atoms with Gasteiger partial charge in [-0.15, -0.1) is 0 Å². The van der Waals surface area contributed by atoms with Crippen LogP contribution >= 0.6 is 0 Å². The van der Waals surface area contributed by atoms with Gasteiger partial charge in [0.1, 0.15) is 5.82 Å². The molecular formula is C16H18FN.